The number of nitriles is 1. The van der Waals surface area contributed by atoms with Gasteiger partial charge in [0.15, 0.2) is 0 Å². The number of carbonyl (C=O) groups excluding carboxylic acids is 2. The van der Waals surface area contributed by atoms with E-state index in [0.29, 0.717) is 24.4 Å². The van der Waals surface area contributed by atoms with Crippen LogP contribution in [0.2, 0.25) is 10.0 Å². The molecule has 0 bridgehead atoms. The van der Waals surface area contributed by atoms with Gasteiger partial charge in [0.05, 0.1) is 16.1 Å². The Hall–Kier alpha value is -2.62. The molecule has 27 heavy (non-hydrogen) atoms. The van der Waals surface area contributed by atoms with Crippen LogP contribution in [0.4, 0.5) is 10.1 Å². The van der Waals surface area contributed by atoms with Gasteiger partial charge in [0, 0.05) is 17.3 Å². The number of rotatable bonds is 3. The fourth-order valence-electron chi connectivity index (χ4n) is 3.01. The van der Waals surface area contributed by atoms with E-state index < -0.39 is 17.8 Å². The van der Waals surface area contributed by atoms with Crippen LogP contribution in [0.1, 0.15) is 28.8 Å². The Morgan fingerprint density at radius 3 is 2.74 bits per heavy atom. The van der Waals surface area contributed by atoms with E-state index in [1.54, 1.807) is 12.1 Å². The van der Waals surface area contributed by atoms with Crippen molar-refractivity contribution in [2.75, 3.05) is 11.9 Å². The van der Waals surface area contributed by atoms with Crippen LogP contribution >= 0.6 is 23.2 Å². The molecule has 1 saturated heterocycles. The van der Waals surface area contributed by atoms with Crippen molar-refractivity contribution in [3.05, 3.63) is 63.4 Å². The second-order valence-corrected chi connectivity index (χ2v) is 6.92. The highest BCUT2D eigenvalue weighted by atomic mass is 35.5. The van der Waals surface area contributed by atoms with Crippen LogP contribution in [0, 0.1) is 17.1 Å². The van der Waals surface area contributed by atoms with E-state index in [2.05, 4.69) is 5.32 Å². The molecule has 1 unspecified atom stereocenters. The van der Waals surface area contributed by atoms with E-state index in [0.717, 1.165) is 6.07 Å². The van der Waals surface area contributed by atoms with E-state index in [4.69, 9.17) is 28.5 Å². The molecule has 2 amide bonds. The number of benzene rings is 2. The van der Waals surface area contributed by atoms with Crippen LogP contribution in [0.15, 0.2) is 36.4 Å². The Labute approximate surface area is 165 Å². The summed E-state index contributed by atoms with van der Waals surface area (Å²) in [4.78, 5) is 26.9. The van der Waals surface area contributed by atoms with Crippen molar-refractivity contribution >= 4 is 40.7 Å². The van der Waals surface area contributed by atoms with E-state index in [1.807, 2.05) is 0 Å². The number of nitrogens with one attached hydrogen (secondary N) is 1. The number of anilines is 1. The number of hydrogen-bond acceptors (Lipinski definition) is 3. The van der Waals surface area contributed by atoms with Gasteiger partial charge in [-0.1, -0.05) is 23.2 Å². The Bertz CT molecular complexity index is 958. The highest BCUT2D eigenvalue weighted by Crippen LogP contribution is 2.27. The van der Waals surface area contributed by atoms with E-state index >= 15 is 0 Å². The maximum atomic E-state index is 13.4. The largest absolute Gasteiger partial charge is 0.327 e. The third kappa shape index (κ3) is 4.05. The minimum absolute atomic E-state index is 0.169. The van der Waals surface area contributed by atoms with Crippen molar-refractivity contribution in [1.29, 1.82) is 5.26 Å². The minimum atomic E-state index is -0.692. The molecule has 1 aliphatic rings. The highest BCUT2D eigenvalue weighted by Gasteiger charge is 2.35. The predicted molar refractivity (Wildman–Crippen MR) is 100 cm³/mol. The van der Waals surface area contributed by atoms with Crippen LogP contribution < -0.4 is 5.32 Å². The molecule has 1 aliphatic heterocycles. The summed E-state index contributed by atoms with van der Waals surface area (Å²) in [6.45, 7) is 0.409. The number of likely N-dealkylation sites (tertiary alicyclic amines) is 1. The number of halogens is 3. The fraction of sp³-hybridized carbons (Fsp3) is 0.211. The summed E-state index contributed by atoms with van der Waals surface area (Å²) in [7, 11) is 0. The van der Waals surface area contributed by atoms with Gasteiger partial charge in [-0.3, -0.25) is 9.59 Å². The summed E-state index contributed by atoms with van der Waals surface area (Å²) >= 11 is 12.1. The number of hydrogen-bond donors (Lipinski definition) is 1. The summed E-state index contributed by atoms with van der Waals surface area (Å²) in [5, 5.41) is 12.2. The molecular formula is C19H14Cl2FN3O2. The summed E-state index contributed by atoms with van der Waals surface area (Å²) in [5.41, 5.74) is 0.355. The Balaban J connectivity index is 1.79. The van der Waals surface area contributed by atoms with Gasteiger partial charge in [0.25, 0.3) is 5.91 Å². The van der Waals surface area contributed by atoms with Crippen LogP contribution in [-0.2, 0) is 4.79 Å². The van der Waals surface area contributed by atoms with Gasteiger partial charge in [-0.2, -0.15) is 5.26 Å². The van der Waals surface area contributed by atoms with Crippen molar-refractivity contribution in [2.45, 2.75) is 18.9 Å². The van der Waals surface area contributed by atoms with E-state index in [-0.39, 0.29) is 27.7 Å². The van der Waals surface area contributed by atoms with Crippen molar-refractivity contribution in [2.24, 2.45) is 0 Å². The number of carbonyl (C=O) groups is 2. The zero-order chi connectivity index (χ0) is 19.6. The molecule has 0 spiro atoms. The fourth-order valence-corrected chi connectivity index (χ4v) is 3.38. The highest BCUT2D eigenvalue weighted by molar-refractivity contribution is 6.35. The lowest BCUT2D eigenvalue weighted by Gasteiger charge is -2.24. The average Bonchev–Trinajstić information content (AvgIpc) is 3.14. The average molecular weight is 406 g/mol. The van der Waals surface area contributed by atoms with Crippen LogP contribution in [-0.4, -0.2) is 29.3 Å². The van der Waals surface area contributed by atoms with E-state index in [9.17, 15) is 14.0 Å². The summed E-state index contributed by atoms with van der Waals surface area (Å²) in [6.07, 6.45) is 1.15. The van der Waals surface area contributed by atoms with Crippen molar-refractivity contribution in [3.63, 3.8) is 0 Å². The SMILES string of the molecule is N#Cc1cc(NC(=O)C2CCCN2C(=O)c2cc(Cl)ccc2Cl)ccc1F. The summed E-state index contributed by atoms with van der Waals surface area (Å²) in [6, 6.07) is 9.34. The predicted octanol–water partition coefficient (Wildman–Crippen LogP) is 4.25. The maximum absolute atomic E-state index is 13.4. The van der Waals surface area contributed by atoms with Gasteiger partial charge in [0.2, 0.25) is 5.91 Å². The van der Waals surface area contributed by atoms with Crippen LogP contribution in [0.5, 0.6) is 0 Å². The molecule has 1 N–H and O–H groups in total. The first-order valence-corrected chi connectivity index (χ1v) is 8.93. The van der Waals surface area contributed by atoms with Gasteiger partial charge in [-0.15, -0.1) is 0 Å². The normalized spacial score (nSPS) is 16.1. The quantitative estimate of drug-likeness (QED) is 0.829. The molecule has 2 aromatic carbocycles. The second kappa shape index (κ2) is 7.95. The molecule has 0 aromatic heterocycles. The zero-order valence-electron chi connectivity index (χ0n) is 14.0. The first-order valence-electron chi connectivity index (χ1n) is 8.17. The minimum Gasteiger partial charge on any atom is -0.327 e. The van der Waals surface area contributed by atoms with Gasteiger partial charge < -0.3 is 10.2 Å². The lowest BCUT2D eigenvalue weighted by molar-refractivity contribution is -0.119. The lowest BCUT2D eigenvalue weighted by atomic mass is 10.1. The smallest absolute Gasteiger partial charge is 0.256 e. The summed E-state index contributed by atoms with van der Waals surface area (Å²) < 4.78 is 13.4. The van der Waals surface area contributed by atoms with Crippen LogP contribution in [0.25, 0.3) is 0 Å². The third-order valence-corrected chi connectivity index (χ3v) is 4.89. The number of nitrogens with zero attached hydrogens (tertiary/aromatic N) is 2. The molecule has 138 valence electrons. The molecule has 0 aliphatic carbocycles. The van der Waals surface area contributed by atoms with Crippen molar-refractivity contribution in [3.8, 4) is 6.07 Å². The molecule has 1 fully saturated rings. The lowest BCUT2D eigenvalue weighted by Crippen LogP contribution is -2.43. The summed E-state index contributed by atoms with van der Waals surface area (Å²) in [5.74, 6) is -1.45. The molecule has 0 saturated carbocycles. The third-order valence-electron chi connectivity index (χ3n) is 4.33. The molecule has 2 aromatic rings. The number of amides is 2. The molecule has 1 atom stereocenters. The monoisotopic (exact) mass is 405 g/mol. The molecule has 1 heterocycles. The van der Waals surface area contributed by atoms with Gasteiger partial charge in [-0.05, 0) is 49.2 Å². The molecular weight excluding hydrogens is 392 g/mol. The Morgan fingerprint density at radius 1 is 1.22 bits per heavy atom. The van der Waals surface area contributed by atoms with Crippen molar-refractivity contribution < 1.29 is 14.0 Å². The van der Waals surface area contributed by atoms with Gasteiger partial charge in [0.1, 0.15) is 17.9 Å². The topological polar surface area (TPSA) is 73.2 Å². The molecule has 5 nitrogen and oxygen atoms in total. The Kier molecular flexibility index (Phi) is 5.64. The van der Waals surface area contributed by atoms with Gasteiger partial charge in [-0.25, -0.2) is 4.39 Å². The van der Waals surface area contributed by atoms with Gasteiger partial charge >= 0.3 is 0 Å². The maximum Gasteiger partial charge on any atom is 0.256 e. The zero-order valence-corrected chi connectivity index (χ0v) is 15.5. The van der Waals surface area contributed by atoms with Crippen molar-refractivity contribution in [1.82, 2.24) is 4.90 Å². The van der Waals surface area contributed by atoms with E-state index in [1.165, 1.54) is 29.2 Å². The molecule has 0 radical (unpaired) electrons. The molecule has 8 heteroatoms. The molecule has 3 rings (SSSR count). The second-order valence-electron chi connectivity index (χ2n) is 6.08. The first kappa shape index (κ1) is 19.2. The first-order chi connectivity index (χ1) is 12.9. The van der Waals surface area contributed by atoms with Crippen LogP contribution in [0.3, 0.4) is 0 Å². The standard InChI is InChI=1S/C19H14Cl2FN3O2/c20-12-3-5-15(21)14(9-12)19(27)25-7-1-2-17(25)18(26)24-13-4-6-16(22)11(8-13)10-23/h3-6,8-9,17H,1-2,7H2,(H,24,26). The Morgan fingerprint density at radius 2 is 2.00 bits per heavy atom.